The van der Waals surface area contributed by atoms with Gasteiger partial charge in [-0.25, -0.2) is 0 Å². The normalized spacial score (nSPS) is 22.3. The van der Waals surface area contributed by atoms with Crippen LogP contribution < -0.4 is 10.1 Å². The minimum atomic E-state index is 0.289. The third-order valence-electron chi connectivity index (χ3n) is 3.66. The molecule has 3 unspecified atom stereocenters. The molecule has 0 amide bonds. The predicted molar refractivity (Wildman–Crippen MR) is 66.9 cm³/mol. The summed E-state index contributed by atoms with van der Waals surface area (Å²) in [7, 11) is 2.03. The van der Waals surface area contributed by atoms with E-state index in [1.54, 1.807) is 0 Å². The van der Waals surface area contributed by atoms with Crippen LogP contribution in [-0.4, -0.2) is 19.2 Å². The van der Waals surface area contributed by atoms with Gasteiger partial charge >= 0.3 is 0 Å². The third-order valence-corrected chi connectivity index (χ3v) is 3.66. The summed E-state index contributed by atoms with van der Waals surface area (Å²) in [5, 5.41) is 3.40. The van der Waals surface area contributed by atoms with Crippen molar-refractivity contribution < 1.29 is 4.74 Å². The summed E-state index contributed by atoms with van der Waals surface area (Å²) in [6.45, 7) is 4.52. The standard InChI is InChI=1S/C14H21NO/c1-4-10(2)14(15-3)13-9-11-7-5-6-8-12(11)16-13/h5-8,10,13-15H,4,9H2,1-3H3. The highest BCUT2D eigenvalue weighted by molar-refractivity contribution is 5.37. The van der Waals surface area contributed by atoms with Crippen molar-refractivity contribution in [2.45, 2.75) is 38.8 Å². The summed E-state index contributed by atoms with van der Waals surface area (Å²) in [5.41, 5.74) is 1.34. The van der Waals surface area contributed by atoms with Gasteiger partial charge in [-0.2, -0.15) is 0 Å². The van der Waals surface area contributed by atoms with Gasteiger partial charge < -0.3 is 10.1 Å². The van der Waals surface area contributed by atoms with Crippen LogP contribution in [0.5, 0.6) is 5.75 Å². The molecule has 1 aromatic carbocycles. The van der Waals surface area contributed by atoms with E-state index < -0.39 is 0 Å². The Hall–Kier alpha value is -1.02. The average molecular weight is 219 g/mol. The zero-order valence-corrected chi connectivity index (χ0v) is 10.4. The molecule has 16 heavy (non-hydrogen) atoms. The second-order valence-corrected chi connectivity index (χ2v) is 4.67. The van der Waals surface area contributed by atoms with Gasteiger partial charge in [-0.3, -0.25) is 0 Å². The number of nitrogens with one attached hydrogen (secondary N) is 1. The zero-order valence-electron chi connectivity index (χ0n) is 10.4. The molecule has 1 aliphatic rings. The summed E-state index contributed by atoms with van der Waals surface area (Å²) < 4.78 is 6.02. The fourth-order valence-electron chi connectivity index (χ4n) is 2.50. The molecule has 3 atom stereocenters. The lowest BCUT2D eigenvalue weighted by molar-refractivity contribution is 0.149. The van der Waals surface area contributed by atoms with Crippen molar-refractivity contribution in [2.75, 3.05) is 7.05 Å². The lowest BCUT2D eigenvalue weighted by atomic mass is 9.92. The Morgan fingerprint density at radius 2 is 2.19 bits per heavy atom. The fourth-order valence-corrected chi connectivity index (χ4v) is 2.50. The summed E-state index contributed by atoms with van der Waals surface area (Å²) in [5.74, 6) is 1.71. The Labute approximate surface area is 98.0 Å². The van der Waals surface area contributed by atoms with Crippen molar-refractivity contribution >= 4 is 0 Å². The Bertz CT molecular complexity index is 325. The first-order valence-electron chi connectivity index (χ1n) is 6.18. The van der Waals surface area contributed by atoms with Gasteiger partial charge in [0.05, 0.1) is 0 Å². The van der Waals surface area contributed by atoms with Crippen molar-refractivity contribution in [1.82, 2.24) is 5.32 Å². The largest absolute Gasteiger partial charge is 0.488 e. The summed E-state index contributed by atoms with van der Waals surface area (Å²) in [6, 6.07) is 8.80. The molecule has 2 heteroatoms. The number of ether oxygens (including phenoxy) is 1. The molecule has 1 N–H and O–H groups in total. The molecule has 0 fully saturated rings. The molecular formula is C14H21NO. The number of likely N-dealkylation sites (N-methyl/N-ethyl adjacent to an activating group) is 1. The van der Waals surface area contributed by atoms with Crippen LogP contribution in [0, 0.1) is 5.92 Å². The van der Waals surface area contributed by atoms with Gasteiger partial charge in [0, 0.05) is 12.5 Å². The van der Waals surface area contributed by atoms with Gasteiger partial charge in [0.25, 0.3) is 0 Å². The van der Waals surface area contributed by atoms with Crippen LogP contribution in [0.2, 0.25) is 0 Å². The SMILES string of the molecule is CCC(C)C(NC)C1Cc2ccccc2O1. The van der Waals surface area contributed by atoms with Gasteiger partial charge in [-0.15, -0.1) is 0 Å². The van der Waals surface area contributed by atoms with Crippen molar-refractivity contribution in [3.63, 3.8) is 0 Å². The van der Waals surface area contributed by atoms with Crippen LogP contribution in [0.25, 0.3) is 0 Å². The van der Waals surface area contributed by atoms with E-state index in [2.05, 4.69) is 37.4 Å². The summed E-state index contributed by atoms with van der Waals surface area (Å²) in [6.07, 6.45) is 2.51. The van der Waals surface area contributed by atoms with Gasteiger partial charge in [0.1, 0.15) is 11.9 Å². The van der Waals surface area contributed by atoms with Gasteiger partial charge in [0.2, 0.25) is 0 Å². The number of rotatable bonds is 4. The molecular weight excluding hydrogens is 198 g/mol. The fraction of sp³-hybridized carbons (Fsp3) is 0.571. The Balaban J connectivity index is 2.09. The van der Waals surface area contributed by atoms with Crippen LogP contribution in [0.15, 0.2) is 24.3 Å². The van der Waals surface area contributed by atoms with E-state index in [0.29, 0.717) is 12.0 Å². The highest BCUT2D eigenvalue weighted by Crippen LogP contribution is 2.31. The molecule has 2 nitrogen and oxygen atoms in total. The first-order chi connectivity index (χ1) is 7.76. The molecule has 0 bridgehead atoms. The molecule has 88 valence electrons. The molecule has 2 rings (SSSR count). The molecule has 0 saturated heterocycles. The molecule has 0 aliphatic carbocycles. The molecule has 1 aromatic rings. The number of benzene rings is 1. The van der Waals surface area contributed by atoms with Gasteiger partial charge in [-0.05, 0) is 24.6 Å². The molecule has 0 spiro atoms. The van der Waals surface area contributed by atoms with Crippen LogP contribution in [0.1, 0.15) is 25.8 Å². The average Bonchev–Trinajstić information content (AvgIpc) is 2.72. The Kier molecular flexibility index (Phi) is 3.49. The maximum absolute atomic E-state index is 6.02. The Morgan fingerprint density at radius 1 is 1.44 bits per heavy atom. The second-order valence-electron chi connectivity index (χ2n) is 4.67. The molecule has 0 radical (unpaired) electrons. The maximum atomic E-state index is 6.02. The van der Waals surface area contributed by atoms with Crippen LogP contribution >= 0.6 is 0 Å². The molecule has 0 aromatic heterocycles. The lowest BCUT2D eigenvalue weighted by Crippen LogP contribution is -2.44. The number of fused-ring (bicyclic) bond motifs is 1. The highest BCUT2D eigenvalue weighted by Gasteiger charge is 2.31. The minimum Gasteiger partial charge on any atom is -0.488 e. The number of para-hydroxylation sites is 1. The van der Waals surface area contributed by atoms with E-state index in [1.807, 2.05) is 13.1 Å². The predicted octanol–water partition coefficient (Wildman–Crippen LogP) is 2.62. The minimum absolute atomic E-state index is 0.289. The monoisotopic (exact) mass is 219 g/mol. The van der Waals surface area contributed by atoms with E-state index in [9.17, 15) is 0 Å². The first kappa shape index (κ1) is 11.5. The van der Waals surface area contributed by atoms with Gasteiger partial charge in [-0.1, -0.05) is 38.5 Å². The van der Waals surface area contributed by atoms with E-state index in [4.69, 9.17) is 4.74 Å². The Morgan fingerprint density at radius 3 is 2.81 bits per heavy atom. The lowest BCUT2D eigenvalue weighted by Gasteiger charge is -2.27. The first-order valence-corrected chi connectivity index (χ1v) is 6.18. The summed E-state index contributed by atoms with van der Waals surface area (Å²) in [4.78, 5) is 0. The van der Waals surface area contributed by atoms with E-state index in [1.165, 1.54) is 12.0 Å². The highest BCUT2D eigenvalue weighted by atomic mass is 16.5. The zero-order chi connectivity index (χ0) is 11.5. The van der Waals surface area contributed by atoms with Crippen molar-refractivity contribution in [3.8, 4) is 5.75 Å². The van der Waals surface area contributed by atoms with Crippen molar-refractivity contribution in [1.29, 1.82) is 0 Å². The van der Waals surface area contributed by atoms with Crippen molar-refractivity contribution in [3.05, 3.63) is 29.8 Å². The van der Waals surface area contributed by atoms with Gasteiger partial charge in [0.15, 0.2) is 0 Å². The van der Waals surface area contributed by atoms with E-state index in [0.717, 1.165) is 12.2 Å². The van der Waals surface area contributed by atoms with Crippen LogP contribution in [-0.2, 0) is 6.42 Å². The smallest absolute Gasteiger partial charge is 0.123 e. The molecule has 1 heterocycles. The van der Waals surface area contributed by atoms with E-state index >= 15 is 0 Å². The topological polar surface area (TPSA) is 21.3 Å². The van der Waals surface area contributed by atoms with Crippen LogP contribution in [0.4, 0.5) is 0 Å². The number of hydrogen-bond donors (Lipinski definition) is 1. The third kappa shape index (κ3) is 2.07. The number of hydrogen-bond acceptors (Lipinski definition) is 2. The maximum Gasteiger partial charge on any atom is 0.123 e. The van der Waals surface area contributed by atoms with Crippen molar-refractivity contribution in [2.24, 2.45) is 5.92 Å². The molecule has 0 saturated carbocycles. The summed E-state index contributed by atoms with van der Waals surface area (Å²) >= 11 is 0. The second kappa shape index (κ2) is 4.88. The van der Waals surface area contributed by atoms with Crippen LogP contribution in [0.3, 0.4) is 0 Å². The molecule has 1 aliphatic heterocycles. The quantitative estimate of drug-likeness (QED) is 0.840. The van der Waals surface area contributed by atoms with E-state index in [-0.39, 0.29) is 6.10 Å².